The van der Waals surface area contributed by atoms with Gasteiger partial charge in [-0.1, -0.05) is 42.5 Å². The highest BCUT2D eigenvalue weighted by molar-refractivity contribution is 14.0. The number of nitrogens with zero attached hydrogens (tertiary/aromatic N) is 1. The number of aliphatic imine (C=N–C) groups is 1. The average molecular weight is 496 g/mol. The Morgan fingerprint density at radius 3 is 2.46 bits per heavy atom. The summed E-state index contributed by atoms with van der Waals surface area (Å²) in [7, 11) is 1.68. The zero-order valence-corrected chi connectivity index (χ0v) is 18.9. The monoisotopic (exact) mass is 496 g/mol. The fourth-order valence-electron chi connectivity index (χ4n) is 2.52. The second kappa shape index (κ2) is 13.0. The Labute approximate surface area is 184 Å². The van der Waals surface area contributed by atoms with Crippen LogP contribution in [0.15, 0.2) is 53.5 Å². The molecule has 2 rings (SSSR count). The molecule has 152 valence electrons. The number of nitrogens with one attached hydrogen (secondary N) is 3. The normalized spacial score (nSPS) is 10.6. The molecule has 0 saturated carbocycles. The van der Waals surface area contributed by atoms with Gasteiger partial charge in [-0.2, -0.15) is 0 Å². The molecule has 0 atom stereocenters. The summed E-state index contributed by atoms with van der Waals surface area (Å²) in [5, 5.41) is 9.12. The van der Waals surface area contributed by atoms with Gasteiger partial charge in [0.2, 0.25) is 5.91 Å². The van der Waals surface area contributed by atoms with Crippen molar-refractivity contribution in [3.8, 4) is 5.75 Å². The van der Waals surface area contributed by atoms with Crippen molar-refractivity contribution >= 4 is 35.8 Å². The lowest BCUT2D eigenvalue weighted by atomic mass is 10.1. The molecular weight excluding hydrogens is 467 g/mol. The Balaban J connectivity index is 0.00000392. The summed E-state index contributed by atoms with van der Waals surface area (Å²) in [5.74, 6) is 1.33. The van der Waals surface area contributed by atoms with Gasteiger partial charge < -0.3 is 20.7 Å². The molecule has 2 aromatic rings. The van der Waals surface area contributed by atoms with Crippen LogP contribution >= 0.6 is 24.0 Å². The lowest BCUT2D eigenvalue weighted by Gasteiger charge is -2.15. The minimum Gasteiger partial charge on any atom is -0.494 e. The average Bonchev–Trinajstić information content (AvgIpc) is 2.69. The summed E-state index contributed by atoms with van der Waals surface area (Å²) in [4.78, 5) is 16.2. The Morgan fingerprint density at radius 2 is 1.79 bits per heavy atom. The second-order valence-electron chi connectivity index (χ2n) is 6.09. The number of hydrogen-bond donors (Lipinski definition) is 3. The van der Waals surface area contributed by atoms with Crippen molar-refractivity contribution in [2.75, 3.05) is 20.2 Å². The number of carbonyl (C=O) groups is 1. The topological polar surface area (TPSA) is 74.8 Å². The van der Waals surface area contributed by atoms with Gasteiger partial charge in [-0.15, -0.1) is 24.0 Å². The highest BCUT2D eigenvalue weighted by Gasteiger charge is 2.07. The van der Waals surface area contributed by atoms with E-state index in [1.54, 1.807) is 7.05 Å². The van der Waals surface area contributed by atoms with Crippen LogP contribution in [0.25, 0.3) is 0 Å². The fraction of sp³-hybridized carbons (Fsp3) is 0.333. The molecule has 0 heterocycles. The first-order chi connectivity index (χ1) is 13.1. The minimum atomic E-state index is -0.0906. The number of guanidine groups is 1. The molecule has 0 aliphatic carbocycles. The number of benzene rings is 2. The Bertz CT molecular complexity index is 766. The molecule has 0 bridgehead atoms. The van der Waals surface area contributed by atoms with Gasteiger partial charge >= 0.3 is 0 Å². The van der Waals surface area contributed by atoms with E-state index in [0.29, 0.717) is 25.7 Å². The van der Waals surface area contributed by atoms with Crippen molar-refractivity contribution in [2.45, 2.75) is 26.9 Å². The SMILES string of the molecule is CCOc1cc(C)ccc1CNC(=NC)NCC(=O)NCc1ccccc1.I. The highest BCUT2D eigenvalue weighted by Crippen LogP contribution is 2.20. The van der Waals surface area contributed by atoms with Crippen molar-refractivity contribution in [3.63, 3.8) is 0 Å². The summed E-state index contributed by atoms with van der Waals surface area (Å²) in [6.07, 6.45) is 0. The predicted octanol–water partition coefficient (Wildman–Crippen LogP) is 2.99. The molecule has 0 unspecified atom stereocenters. The fourth-order valence-corrected chi connectivity index (χ4v) is 2.52. The largest absolute Gasteiger partial charge is 0.494 e. The third-order valence-electron chi connectivity index (χ3n) is 3.94. The van der Waals surface area contributed by atoms with Crippen molar-refractivity contribution in [2.24, 2.45) is 4.99 Å². The van der Waals surface area contributed by atoms with E-state index in [-0.39, 0.29) is 36.4 Å². The van der Waals surface area contributed by atoms with Crippen LogP contribution in [0.3, 0.4) is 0 Å². The van der Waals surface area contributed by atoms with Gasteiger partial charge in [0.25, 0.3) is 0 Å². The molecule has 0 aliphatic rings. The van der Waals surface area contributed by atoms with Crippen LogP contribution in [0.1, 0.15) is 23.6 Å². The van der Waals surface area contributed by atoms with Crippen molar-refractivity contribution in [1.82, 2.24) is 16.0 Å². The van der Waals surface area contributed by atoms with Crippen molar-refractivity contribution in [1.29, 1.82) is 0 Å². The third-order valence-corrected chi connectivity index (χ3v) is 3.94. The van der Waals surface area contributed by atoms with E-state index in [1.807, 2.05) is 62.4 Å². The summed E-state index contributed by atoms with van der Waals surface area (Å²) in [5.41, 5.74) is 3.26. The maximum absolute atomic E-state index is 12.0. The quantitative estimate of drug-likeness (QED) is 0.299. The molecule has 0 spiro atoms. The number of hydrogen-bond acceptors (Lipinski definition) is 3. The lowest BCUT2D eigenvalue weighted by Crippen LogP contribution is -2.42. The lowest BCUT2D eigenvalue weighted by molar-refractivity contribution is -0.120. The van der Waals surface area contributed by atoms with E-state index in [0.717, 1.165) is 22.4 Å². The standard InChI is InChI=1S/C21H28N4O2.HI/c1-4-27-19-12-16(2)10-11-18(19)14-24-21(22-3)25-15-20(26)23-13-17-8-6-5-7-9-17;/h5-12H,4,13-15H2,1-3H3,(H,23,26)(H2,22,24,25);1H. The zero-order chi connectivity index (χ0) is 19.5. The van der Waals surface area contributed by atoms with Gasteiger partial charge in [-0.05, 0) is 31.0 Å². The molecule has 0 aliphatic heterocycles. The van der Waals surface area contributed by atoms with Crippen LogP contribution in [0.2, 0.25) is 0 Å². The third kappa shape index (κ3) is 8.16. The molecule has 2 aromatic carbocycles. The van der Waals surface area contributed by atoms with Crippen LogP contribution in [0.5, 0.6) is 5.75 Å². The van der Waals surface area contributed by atoms with E-state index in [2.05, 4.69) is 20.9 Å². The van der Waals surface area contributed by atoms with Gasteiger partial charge in [0.15, 0.2) is 5.96 Å². The zero-order valence-electron chi connectivity index (χ0n) is 16.6. The summed E-state index contributed by atoms with van der Waals surface area (Å²) >= 11 is 0. The molecule has 0 fully saturated rings. The van der Waals surface area contributed by atoms with Crippen LogP contribution in [0, 0.1) is 6.92 Å². The summed E-state index contributed by atoms with van der Waals surface area (Å²) < 4.78 is 5.69. The highest BCUT2D eigenvalue weighted by atomic mass is 127. The Hall–Kier alpha value is -2.29. The summed E-state index contributed by atoms with van der Waals surface area (Å²) in [6.45, 7) is 5.83. The van der Waals surface area contributed by atoms with Crippen molar-refractivity contribution in [3.05, 3.63) is 65.2 Å². The first-order valence-corrected chi connectivity index (χ1v) is 9.09. The molecule has 7 heteroatoms. The van der Waals surface area contributed by atoms with E-state index < -0.39 is 0 Å². The number of amides is 1. The maximum Gasteiger partial charge on any atom is 0.239 e. The smallest absolute Gasteiger partial charge is 0.239 e. The van der Waals surface area contributed by atoms with Crippen LogP contribution < -0.4 is 20.7 Å². The predicted molar refractivity (Wildman–Crippen MR) is 124 cm³/mol. The van der Waals surface area contributed by atoms with Gasteiger partial charge in [0.1, 0.15) is 5.75 Å². The number of carbonyl (C=O) groups excluding carboxylic acids is 1. The minimum absolute atomic E-state index is 0. The number of aryl methyl sites for hydroxylation is 1. The van der Waals surface area contributed by atoms with E-state index in [1.165, 1.54) is 0 Å². The van der Waals surface area contributed by atoms with Gasteiger partial charge in [0.05, 0.1) is 13.2 Å². The second-order valence-corrected chi connectivity index (χ2v) is 6.09. The van der Waals surface area contributed by atoms with Gasteiger partial charge in [-0.3, -0.25) is 9.79 Å². The summed E-state index contributed by atoms with van der Waals surface area (Å²) in [6, 6.07) is 15.9. The molecule has 28 heavy (non-hydrogen) atoms. The van der Waals surface area contributed by atoms with E-state index >= 15 is 0 Å². The van der Waals surface area contributed by atoms with Gasteiger partial charge in [0, 0.05) is 25.7 Å². The number of ether oxygens (including phenoxy) is 1. The Kier molecular flexibility index (Phi) is 11.0. The Morgan fingerprint density at radius 1 is 1.04 bits per heavy atom. The first kappa shape index (κ1) is 23.7. The van der Waals surface area contributed by atoms with Crippen LogP contribution in [-0.4, -0.2) is 32.1 Å². The molecular formula is C21H29IN4O2. The molecule has 0 aromatic heterocycles. The van der Waals surface area contributed by atoms with Gasteiger partial charge in [-0.25, -0.2) is 0 Å². The number of rotatable bonds is 8. The molecule has 1 amide bonds. The number of halogens is 1. The molecule has 0 saturated heterocycles. The first-order valence-electron chi connectivity index (χ1n) is 9.09. The van der Waals surface area contributed by atoms with Crippen LogP contribution in [-0.2, 0) is 17.9 Å². The van der Waals surface area contributed by atoms with Crippen molar-refractivity contribution < 1.29 is 9.53 Å². The molecule has 0 radical (unpaired) electrons. The molecule has 6 nitrogen and oxygen atoms in total. The van der Waals surface area contributed by atoms with E-state index in [9.17, 15) is 4.79 Å². The van der Waals surface area contributed by atoms with Crippen LogP contribution in [0.4, 0.5) is 0 Å². The maximum atomic E-state index is 12.0. The van der Waals surface area contributed by atoms with E-state index in [4.69, 9.17) is 4.74 Å². The molecule has 3 N–H and O–H groups in total.